The molecule has 0 spiro atoms. The van der Waals surface area contributed by atoms with Gasteiger partial charge in [0.1, 0.15) is 12.1 Å². The molecule has 1 saturated carbocycles. The zero-order chi connectivity index (χ0) is 24.2. The van der Waals surface area contributed by atoms with Crippen LogP contribution in [0.2, 0.25) is 0 Å². The Morgan fingerprint density at radius 2 is 1.60 bits per heavy atom. The maximum absolute atomic E-state index is 13.8. The van der Waals surface area contributed by atoms with Crippen molar-refractivity contribution in [2.45, 2.75) is 68.5 Å². The number of alkyl carbamates (subject to hydrolysis) is 1. The number of ether oxygens (including phenoxy) is 1. The van der Waals surface area contributed by atoms with Gasteiger partial charge in [0.15, 0.2) is 0 Å². The molecular formula is C28H30N2O5. The number of hydrogen-bond acceptors (Lipinski definition) is 4. The molecule has 7 heteroatoms. The second-order valence-electron chi connectivity index (χ2n) is 10.4. The first-order valence-corrected chi connectivity index (χ1v) is 12.7. The number of carbonyl (C=O) groups is 3. The van der Waals surface area contributed by atoms with Crippen LogP contribution >= 0.6 is 0 Å². The first kappa shape index (κ1) is 22.1. The molecular weight excluding hydrogens is 444 g/mol. The highest BCUT2D eigenvalue weighted by molar-refractivity contribution is 5.92. The second-order valence-corrected chi connectivity index (χ2v) is 10.4. The van der Waals surface area contributed by atoms with E-state index in [2.05, 4.69) is 29.6 Å². The van der Waals surface area contributed by atoms with Gasteiger partial charge < -0.3 is 20.1 Å². The Morgan fingerprint density at radius 3 is 2.20 bits per heavy atom. The molecule has 2 aromatic rings. The molecule has 3 fully saturated rings. The summed E-state index contributed by atoms with van der Waals surface area (Å²) < 4.78 is 5.75. The average molecular weight is 475 g/mol. The van der Waals surface area contributed by atoms with Crippen LogP contribution in [-0.2, 0) is 14.3 Å². The normalized spacial score (nSPS) is 25.8. The first-order valence-electron chi connectivity index (χ1n) is 12.7. The SMILES string of the molecule is O=C(NC1(C(=O)N2[C@@H]3CC[C@H]2[C@@H](C(=O)O)C3)CCCC1)OCC1c2ccccc2-c2ccccc21. The standard InChI is InChI=1S/C28H30N2O5/c31-25(32)22-15-17-11-12-24(22)30(17)26(33)28(13-5-6-14-28)29-27(34)35-16-23-20-9-3-1-7-18(20)19-8-2-4-10-21(19)23/h1-4,7-10,17,22-24H,5-6,11-16H2,(H,29,34)(H,31,32)/t17-,22+,24+/m1/s1. The van der Waals surface area contributed by atoms with E-state index in [0.717, 1.165) is 41.5 Å². The van der Waals surface area contributed by atoms with Crippen LogP contribution in [0.4, 0.5) is 4.79 Å². The van der Waals surface area contributed by atoms with Crippen molar-refractivity contribution in [3.63, 3.8) is 0 Å². The zero-order valence-electron chi connectivity index (χ0n) is 19.6. The summed E-state index contributed by atoms with van der Waals surface area (Å²) in [6.45, 7) is 0.195. The first-order chi connectivity index (χ1) is 17.0. The molecule has 182 valence electrons. The molecule has 2 amide bonds. The van der Waals surface area contributed by atoms with Crippen LogP contribution in [0.5, 0.6) is 0 Å². The minimum atomic E-state index is -1.00. The van der Waals surface area contributed by atoms with Crippen LogP contribution in [0, 0.1) is 5.92 Å². The van der Waals surface area contributed by atoms with Crippen molar-refractivity contribution in [1.82, 2.24) is 10.2 Å². The summed E-state index contributed by atoms with van der Waals surface area (Å²) in [4.78, 5) is 40.3. The molecule has 3 atom stereocenters. The summed E-state index contributed by atoms with van der Waals surface area (Å²) in [5, 5.41) is 12.5. The van der Waals surface area contributed by atoms with Crippen LogP contribution < -0.4 is 5.32 Å². The van der Waals surface area contributed by atoms with Crippen LogP contribution in [0.1, 0.15) is 62.0 Å². The third-order valence-corrected chi connectivity index (χ3v) is 8.64. The number of carboxylic acids is 1. The van der Waals surface area contributed by atoms with E-state index < -0.39 is 23.5 Å². The number of carbonyl (C=O) groups excluding carboxylic acids is 2. The molecule has 0 radical (unpaired) electrons. The number of amides is 2. The summed E-state index contributed by atoms with van der Waals surface area (Å²) in [7, 11) is 0. The van der Waals surface area contributed by atoms with Gasteiger partial charge in [0.05, 0.1) is 5.92 Å². The molecule has 2 N–H and O–H groups in total. The summed E-state index contributed by atoms with van der Waals surface area (Å²) in [5.41, 5.74) is 3.61. The Labute approximate surface area is 204 Å². The largest absolute Gasteiger partial charge is 0.481 e. The Balaban J connectivity index is 1.18. The maximum atomic E-state index is 13.8. The predicted molar refractivity (Wildman–Crippen MR) is 129 cm³/mol. The van der Waals surface area contributed by atoms with Gasteiger partial charge in [0.2, 0.25) is 5.91 Å². The number of hydrogen-bond donors (Lipinski definition) is 2. The number of fused-ring (bicyclic) bond motifs is 5. The van der Waals surface area contributed by atoms with E-state index in [1.54, 1.807) is 4.90 Å². The van der Waals surface area contributed by atoms with Gasteiger partial charge >= 0.3 is 12.1 Å². The molecule has 4 aliphatic rings. The molecule has 2 aromatic carbocycles. The number of rotatable bonds is 5. The Bertz CT molecular complexity index is 1140. The highest BCUT2D eigenvalue weighted by Crippen LogP contribution is 2.46. The van der Waals surface area contributed by atoms with Gasteiger partial charge in [-0.3, -0.25) is 9.59 Å². The van der Waals surface area contributed by atoms with E-state index in [1.165, 1.54) is 0 Å². The number of nitrogens with one attached hydrogen (secondary N) is 1. The second kappa shape index (κ2) is 8.40. The summed E-state index contributed by atoms with van der Waals surface area (Å²) in [6, 6.07) is 16.0. The molecule has 2 heterocycles. The number of nitrogens with zero attached hydrogens (tertiary/aromatic N) is 1. The highest BCUT2D eigenvalue weighted by Gasteiger charge is 2.56. The predicted octanol–water partition coefficient (Wildman–Crippen LogP) is 4.30. The molecule has 2 aliphatic carbocycles. The average Bonchev–Trinajstić information content (AvgIpc) is 3.64. The molecule has 2 saturated heterocycles. The van der Waals surface area contributed by atoms with E-state index in [9.17, 15) is 19.5 Å². The van der Waals surface area contributed by atoms with E-state index in [1.807, 2.05) is 24.3 Å². The molecule has 0 aromatic heterocycles. The lowest BCUT2D eigenvalue weighted by atomic mass is 9.89. The van der Waals surface area contributed by atoms with Gasteiger partial charge in [-0.1, -0.05) is 61.4 Å². The third kappa shape index (κ3) is 3.51. The van der Waals surface area contributed by atoms with Crippen molar-refractivity contribution in [2.75, 3.05) is 6.61 Å². The highest BCUT2D eigenvalue weighted by atomic mass is 16.5. The van der Waals surface area contributed by atoms with Crippen molar-refractivity contribution in [2.24, 2.45) is 5.92 Å². The topological polar surface area (TPSA) is 95.9 Å². The van der Waals surface area contributed by atoms with Gasteiger partial charge in [-0.25, -0.2) is 4.79 Å². The van der Waals surface area contributed by atoms with Gasteiger partial charge in [-0.15, -0.1) is 0 Å². The molecule has 0 unspecified atom stereocenters. The van der Waals surface area contributed by atoms with Gasteiger partial charge in [-0.05, 0) is 54.4 Å². The van der Waals surface area contributed by atoms with Crippen molar-refractivity contribution in [1.29, 1.82) is 0 Å². The molecule has 7 nitrogen and oxygen atoms in total. The molecule has 2 aliphatic heterocycles. The van der Waals surface area contributed by atoms with Gasteiger partial charge in [0, 0.05) is 18.0 Å². The van der Waals surface area contributed by atoms with Gasteiger partial charge in [0.25, 0.3) is 0 Å². The quantitative estimate of drug-likeness (QED) is 0.674. The van der Waals surface area contributed by atoms with Crippen LogP contribution in [0.25, 0.3) is 11.1 Å². The van der Waals surface area contributed by atoms with Crippen LogP contribution in [-0.4, -0.2) is 52.2 Å². The number of carboxylic acid groups (broad SMARTS) is 1. The van der Waals surface area contributed by atoms with E-state index in [4.69, 9.17) is 4.74 Å². The lowest BCUT2D eigenvalue weighted by Gasteiger charge is -2.35. The molecule has 6 rings (SSSR count). The minimum Gasteiger partial charge on any atom is -0.481 e. The summed E-state index contributed by atoms with van der Waals surface area (Å²) in [5.74, 6) is -1.51. The molecule has 2 bridgehead atoms. The zero-order valence-corrected chi connectivity index (χ0v) is 19.6. The van der Waals surface area contributed by atoms with Crippen molar-refractivity contribution in [3.8, 4) is 11.1 Å². The van der Waals surface area contributed by atoms with Crippen molar-refractivity contribution in [3.05, 3.63) is 59.7 Å². The Kier molecular flexibility index (Phi) is 5.31. The maximum Gasteiger partial charge on any atom is 0.408 e. The fraction of sp³-hybridized carbons (Fsp3) is 0.464. The summed E-state index contributed by atoms with van der Waals surface area (Å²) in [6.07, 6.45) is 4.29. The minimum absolute atomic E-state index is 0.0459. The Hall–Kier alpha value is -3.35. The Morgan fingerprint density at radius 1 is 0.971 bits per heavy atom. The summed E-state index contributed by atoms with van der Waals surface area (Å²) >= 11 is 0. The van der Waals surface area contributed by atoms with Gasteiger partial charge in [-0.2, -0.15) is 0 Å². The lowest BCUT2D eigenvalue weighted by molar-refractivity contribution is -0.144. The van der Waals surface area contributed by atoms with E-state index in [-0.39, 0.29) is 30.5 Å². The third-order valence-electron chi connectivity index (χ3n) is 8.64. The smallest absolute Gasteiger partial charge is 0.408 e. The fourth-order valence-corrected chi connectivity index (χ4v) is 7.02. The van der Waals surface area contributed by atoms with Crippen molar-refractivity contribution < 1.29 is 24.2 Å². The molecule has 35 heavy (non-hydrogen) atoms. The van der Waals surface area contributed by atoms with Crippen LogP contribution in [0.3, 0.4) is 0 Å². The monoisotopic (exact) mass is 474 g/mol. The van der Waals surface area contributed by atoms with Crippen molar-refractivity contribution >= 4 is 18.0 Å². The number of benzene rings is 2. The van der Waals surface area contributed by atoms with Crippen LogP contribution in [0.15, 0.2) is 48.5 Å². The number of aliphatic carboxylic acids is 1. The fourth-order valence-electron chi connectivity index (χ4n) is 7.02. The van der Waals surface area contributed by atoms with E-state index in [0.29, 0.717) is 25.7 Å². The lowest BCUT2D eigenvalue weighted by Crippen LogP contribution is -2.59. The van der Waals surface area contributed by atoms with E-state index >= 15 is 0 Å².